The Kier molecular flexibility index (Phi) is 4.31. The zero-order chi connectivity index (χ0) is 13.9. The summed E-state index contributed by atoms with van der Waals surface area (Å²) in [5.74, 6) is -0.980. The van der Waals surface area contributed by atoms with Gasteiger partial charge in [0.1, 0.15) is 6.04 Å². The van der Waals surface area contributed by atoms with Gasteiger partial charge in [-0.3, -0.25) is 4.79 Å². The number of aryl methyl sites for hydroxylation is 1. The Hall–Kier alpha value is -2.04. The average Bonchev–Trinajstić information content (AvgIpc) is 2.27. The fraction of sp³-hybridized carbons (Fsp3) is 0.385. The maximum atomic E-state index is 11.7. The highest BCUT2D eigenvalue weighted by Gasteiger charge is 2.15. The van der Waals surface area contributed by atoms with Gasteiger partial charge in [0, 0.05) is 19.8 Å². The number of nitrogens with one attached hydrogen (secondary N) is 1. The molecule has 5 heteroatoms. The highest BCUT2D eigenvalue weighted by molar-refractivity contribution is 5.90. The van der Waals surface area contributed by atoms with Crippen molar-refractivity contribution in [2.24, 2.45) is 0 Å². The lowest BCUT2D eigenvalue weighted by atomic mass is 10.1. The van der Waals surface area contributed by atoms with Crippen LogP contribution in [-0.4, -0.2) is 42.0 Å². The van der Waals surface area contributed by atoms with E-state index in [2.05, 4.69) is 5.32 Å². The smallest absolute Gasteiger partial charge is 0.335 e. The predicted molar refractivity (Wildman–Crippen MR) is 69.9 cm³/mol. The van der Waals surface area contributed by atoms with Crippen LogP contribution in [0.3, 0.4) is 0 Å². The summed E-state index contributed by atoms with van der Waals surface area (Å²) < 4.78 is 0. The fourth-order valence-corrected chi connectivity index (χ4v) is 1.69. The molecule has 1 unspecified atom stereocenters. The molecule has 0 fully saturated rings. The van der Waals surface area contributed by atoms with E-state index < -0.39 is 5.97 Å². The van der Waals surface area contributed by atoms with Crippen molar-refractivity contribution in [3.63, 3.8) is 0 Å². The molecule has 0 radical (unpaired) electrons. The predicted octanol–water partition coefficient (Wildman–Crippen LogP) is 1.58. The third-order valence-electron chi connectivity index (χ3n) is 2.65. The number of aromatic carboxylic acids is 1. The van der Waals surface area contributed by atoms with Gasteiger partial charge in [0.15, 0.2) is 0 Å². The minimum absolute atomic E-state index is 0.0324. The van der Waals surface area contributed by atoms with Gasteiger partial charge in [0.25, 0.3) is 0 Å². The molecule has 1 aromatic carbocycles. The number of anilines is 1. The van der Waals surface area contributed by atoms with Crippen molar-refractivity contribution in [3.05, 3.63) is 29.3 Å². The number of hydrogen-bond donors (Lipinski definition) is 2. The van der Waals surface area contributed by atoms with Crippen LogP contribution in [0.2, 0.25) is 0 Å². The summed E-state index contributed by atoms with van der Waals surface area (Å²) in [4.78, 5) is 24.1. The third kappa shape index (κ3) is 3.23. The molecule has 1 amide bonds. The Morgan fingerprint density at radius 1 is 1.33 bits per heavy atom. The number of carbonyl (C=O) groups excluding carboxylic acids is 1. The topological polar surface area (TPSA) is 69.6 Å². The molecular weight excluding hydrogens is 232 g/mol. The molecule has 1 atom stereocenters. The van der Waals surface area contributed by atoms with Crippen LogP contribution >= 0.6 is 0 Å². The number of nitrogens with zero attached hydrogens (tertiary/aromatic N) is 1. The fourth-order valence-electron chi connectivity index (χ4n) is 1.69. The first-order chi connectivity index (χ1) is 8.32. The van der Waals surface area contributed by atoms with Crippen LogP contribution in [0, 0.1) is 6.92 Å². The first-order valence-electron chi connectivity index (χ1n) is 5.64. The molecule has 0 aliphatic rings. The van der Waals surface area contributed by atoms with Crippen LogP contribution in [0.4, 0.5) is 5.69 Å². The maximum absolute atomic E-state index is 11.7. The van der Waals surface area contributed by atoms with Gasteiger partial charge in [-0.2, -0.15) is 0 Å². The highest BCUT2D eigenvalue weighted by atomic mass is 16.4. The van der Waals surface area contributed by atoms with Crippen molar-refractivity contribution in [3.8, 4) is 0 Å². The number of rotatable bonds is 4. The van der Waals surface area contributed by atoms with Crippen molar-refractivity contribution in [1.82, 2.24) is 4.90 Å². The highest BCUT2D eigenvalue weighted by Crippen LogP contribution is 2.16. The molecule has 5 nitrogen and oxygen atoms in total. The first kappa shape index (κ1) is 14.0. The Morgan fingerprint density at radius 3 is 2.39 bits per heavy atom. The minimum atomic E-state index is -0.948. The van der Waals surface area contributed by atoms with Gasteiger partial charge >= 0.3 is 5.97 Å². The summed E-state index contributed by atoms with van der Waals surface area (Å²) in [6.07, 6.45) is 0. The van der Waals surface area contributed by atoms with E-state index in [0.717, 1.165) is 5.69 Å². The number of likely N-dealkylation sites (N-methyl/N-ethyl adjacent to an activating group) is 1. The van der Waals surface area contributed by atoms with Crippen LogP contribution in [0.1, 0.15) is 22.8 Å². The molecule has 0 spiro atoms. The molecule has 0 aliphatic heterocycles. The zero-order valence-electron chi connectivity index (χ0n) is 11.0. The SMILES string of the molecule is Cc1cc(NC(C)C(=O)N(C)C)ccc1C(=O)O. The molecule has 18 heavy (non-hydrogen) atoms. The van der Waals surface area contributed by atoms with Gasteiger partial charge in [0.05, 0.1) is 5.56 Å². The van der Waals surface area contributed by atoms with E-state index in [9.17, 15) is 9.59 Å². The van der Waals surface area contributed by atoms with Crippen molar-refractivity contribution in [1.29, 1.82) is 0 Å². The van der Waals surface area contributed by atoms with Gasteiger partial charge in [-0.1, -0.05) is 0 Å². The third-order valence-corrected chi connectivity index (χ3v) is 2.65. The van der Waals surface area contributed by atoms with E-state index in [1.165, 1.54) is 11.0 Å². The molecule has 0 saturated carbocycles. The normalized spacial score (nSPS) is 11.8. The largest absolute Gasteiger partial charge is 0.478 e. The number of amides is 1. The quantitative estimate of drug-likeness (QED) is 0.851. The van der Waals surface area contributed by atoms with Gasteiger partial charge < -0.3 is 15.3 Å². The van der Waals surface area contributed by atoms with E-state index in [0.29, 0.717) is 5.56 Å². The van der Waals surface area contributed by atoms with E-state index in [-0.39, 0.29) is 17.5 Å². The average molecular weight is 250 g/mol. The second-order valence-corrected chi connectivity index (χ2v) is 4.43. The standard InChI is InChI=1S/C13H18N2O3/c1-8-7-10(5-6-11(8)13(17)18)14-9(2)12(16)15(3)4/h5-7,9,14H,1-4H3,(H,17,18). The number of hydrogen-bond acceptors (Lipinski definition) is 3. The lowest BCUT2D eigenvalue weighted by Gasteiger charge is -2.19. The zero-order valence-corrected chi connectivity index (χ0v) is 11.0. The maximum Gasteiger partial charge on any atom is 0.335 e. The molecule has 0 heterocycles. The Labute approximate surface area is 106 Å². The molecule has 1 aromatic rings. The summed E-state index contributed by atoms with van der Waals surface area (Å²) in [6.45, 7) is 3.50. The minimum Gasteiger partial charge on any atom is -0.478 e. The van der Waals surface area contributed by atoms with Crippen molar-refractivity contribution >= 4 is 17.6 Å². The second-order valence-electron chi connectivity index (χ2n) is 4.43. The molecule has 0 aromatic heterocycles. The summed E-state index contributed by atoms with van der Waals surface area (Å²) in [5, 5.41) is 12.0. The Balaban J connectivity index is 2.84. The van der Waals surface area contributed by atoms with Crippen molar-refractivity contribution < 1.29 is 14.7 Å². The van der Waals surface area contributed by atoms with E-state index in [1.807, 2.05) is 0 Å². The summed E-state index contributed by atoms with van der Waals surface area (Å²) >= 11 is 0. The second kappa shape index (κ2) is 5.53. The van der Waals surface area contributed by atoms with E-state index in [4.69, 9.17) is 5.11 Å². The number of benzene rings is 1. The van der Waals surface area contributed by atoms with Gasteiger partial charge in [-0.05, 0) is 37.6 Å². The molecule has 98 valence electrons. The Morgan fingerprint density at radius 2 is 1.94 bits per heavy atom. The summed E-state index contributed by atoms with van der Waals surface area (Å²) in [5.41, 5.74) is 1.67. The van der Waals surface area contributed by atoms with Gasteiger partial charge in [-0.25, -0.2) is 4.79 Å². The van der Waals surface area contributed by atoms with E-state index in [1.54, 1.807) is 40.1 Å². The van der Waals surface area contributed by atoms with Crippen LogP contribution in [0.15, 0.2) is 18.2 Å². The van der Waals surface area contributed by atoms with Crippen molar-refractivity contribution in [2.45, 2.75) is 19.9 Å². The summed E-state index contributed by atoms with van der Waals surface area (Å²) in [7, 11) is 3.39. The monoisotopic (exact) mass is 250 g/mol. The van der Waals surface area contributed by atoms with Crippen LogP contribution in [-0.2, 0) is 4.79 Å². The van der Waals surface area contributed by atoms with Crippen LogP contribution in [0.25, 0.3) is 0 Å². The van der Waals surface area contributed by atoms with Crippen molar-refractivity contribution in [2.75, 3.05) is 19.4 Å². The number of carboxylic acid groups (broad SMARTS) is 1. The molecular formula is C13H18N2O3. The van der Waals surface area contributed by atoms with E-state index >= 15 is 0 Å². The Bertz CT molecular complexity index is 469. The van der Waals surface area contributed by atoms with Gasteiger partial charge in [-0.15, -0.1) is 0 Å². The molecule has 0 aliphatic carbocycles. The molecule has 0 bridgehead atoms. The van der Waals surface area contributed by atoms with Crippen LogP contribution in [0.5, 0.6) is 0 Å². The lowest BCUT2D eigenvalue weighted by Crippen LogP contribution is -2.36. The van der Waals surface area contributed by atoms with Gasteiger partial charge in [0.2, 0.25) is 5.91 Å². The van der Waals surface area contributed by atoms with Crippen LogP contribution < -0.4 is 5.32 Å². The first-order valence-corrected chi connectivity index (χ1v) is 5.64. The molecule has 1 rings (SSSR count). The molecule has 2 N–H and O–H groups in total. The number of carboxylic acids is 1. The number of carbonyl (C=O) groups is 2. The molecule has 0 saturated heterocycles. The summed E-state index contributed by atoms with van der Waals surface area (Å²) in [6, 6.07) is 4.57. The lowest BCUT2D eigenvalue weighted by molar-refractivity contribution is -0.129.